The number of nitrogens with zero attached hydrogens (tertiary/aromatic N) is 2. The number of aliphatic imine (C=N–C) groups is 1. The predicted octanol–water partition coefficient (Wildman–Crippen LogP) is 2.36. The van der Waals surface area contributed by atoms with E-state index in [0.29, 0.717) is 38.6 Å². The number of nitrogens with two attached hydrogens (primary N) is 1. The number of benzene rings is 1. The van der Waals surface area contributed by atoms with E-state index in [0.717, 1.165) is 18.4 Å². The number of carbonyl (C=O) groups is 1. The number of hydrogen-bond donors (Lipinski definition) is 2. The second-order valence-electron chi connectivity index (χ2n) is 6.49. The number of likely N-dealkylation sites (tertiary alicyclic amines) is 1. The summed E-state index contributed by atoms with van der Waals surface area (Å²) in [7, 11) is 1.39. The van der Waals surface area contributed by atoms with Crippen LogP contribution >= 0.6 is 0 Å². The van der Waals surface area contributed by atoms with Gasteiger partial charge in [-0.25, -0.2) is 4.79 Å². The molecule has 0 aliphatic carbocycles. The van der Waals surface area contributed by atoms with Gasteiger partial charge in [-0.15, -0.1) is 0 Å². The summed E-state index contributed by atoms with van der Waals surface area (Å²) < 4.78 is 39.5. The molecule has 0 aromatic heterocycles. The molecule has 10 heteroatoms. The molecule has 1 amide bonds. The minimum atomic E-state index is -2.92. The first-order valence-corrected chi connectivity index (χ1v) is 9.52. The number of halogens is 2. The highest BCUT2D eigenvalue weighted by atomic mass is 19.3. The molecule has 2 rings (SSSR count). The van der Waals surface area contributed by atoms with Crippen LogP contribution in [0, 0.1) is 0 Å². The number of ether oxygens (including phenoxy) is 3. The van der Waals surface area contributed by atoms with Crippen molar-refractivity contribution in [3.05, 3.63) is 23.8 Å². The van der Waals surface area contributed by atoms with Gasteiger partial charge in [0, 0.05) is 25.7 Å². The summed E-state index contributed by atoms with van der Waals surface area (Å²) >= 11 is 0. The maximum absolute atomic E-state index is 12.5. The van der Waals surface area contributed by atoms with Crippen LogP contribution in [-0.4, -0.2) is 63.0 Å². The van der Waals surface area contributed by atoms with Crippen molar-refractivity contribution in [3.8, 4) is 11.5 Å². The molecule has 0 spiro atoms. The fraction of sp³-hybridized carbons (Fsp3) is 0.579. The quantitative estimate of drug-likeness (QED) is 0.501. The van der Waals surface area contributed by atoms with E-state index in [4.69, 9.17) is 15.2 Å². The number of amides is 1. The fourth-order valence-corrected chi connectivity index (χ4v) is 3.05. The number of methoxy groups -OCH3 is 1. The molecule has 1 saturated heterocycles. The molecule has 8 nitrogen and oxygen atoms in total. The smallest absolute Gasteiger partial charge is 0.409 e. The Morgan fingerprint density at radius 3 is 2.69 bits per heavy atom. The molecule has 0 atom stereocenters. The molecule has 0 radical (unpaired) electrons. The molecular weight excluding hydrogens is 386 g/mol. The summed E-state index contributed by atoms with van der Waals surface area (Å²) in [6, 6.07) is 4.99. The minimum absolute atomic E-state index is 0.0107. The van der Waals surface area contributed by atoms with Crippen LogP contribution in [0.4, 0.5) is 13.6 Å². The van der Waals surface area contributed by atoms with Crippen LogP contribution in [0.5, 0.6) is 11.5 Å². The molecule has 1 fully saturated rings. The lowest BCUT2D eigenvalue weighted by atomic mass is 10.1. The molecule has 0 bridgehead atoms. The topological polar surface area (TPSA) is 98.4 Å². The molecule has 162 valence electrons. The van der Waals surface area contributed by atoms with E-state index in [2.05, 4.69) is 15.0 Å². The van der Waals surface area contributed by atoms with Crippen molar-refractivity contribution >= 4 is 12.1 Å². The van der Waals surface area contributed by atoms with Gasteiger partial charge in [-0.1, -0.05) is 6.07 Å². The minimum Gasteiger partial charge on any atom is -0.493 e. The maximum Gasteiger partial charge on any atom is 0.409 e. The zero-order valence-corrected chi connectivity index (χ0v) is 16.7. The van der Waals surface area contributed by atoms with Crippen LogP contribution in [0.15, 0.2) is 23.2 Å². The summed E-state index contributed by atoms with van der Waals surface area (Å²) in [6.07, 6.45) is 1.72. The number of carbonyl (C=O) groups excluding carboxylic acids is 1. The van der Waals surface area contributed by atoms with Gasteiger partial charge in [0.25, 0.3) is 0 Å². The predicted molar refractivity (Wildman–Crippen MR) is 105 cm³/mol. The highest BCUT2D eigenvalue weighted by Gasteiger charge is 2.23. The molecule has 29 heavy (non-hydrogen) atoms. The van der Waals surface area contributed by atoms with Crippen LogP contribution in [0.3, 0.4) is 0 Å². The van der Waals surface area contributed by atoms with Gasteiger partial charge in [-0.2, -0.15) is 8.78 Å². The van der Waals surface area contributed by atoms with Crippen molar-refractivity contribution in [2.24, 2.45) is 10.7 Å². The van der Waals surface area contributed by atoms with Crippen molar-refractivity contribution in [1.29, 1.82) is 0 Å². The zero-order chi connectivity index (χ0) is 21.2. The summed E-state index contributed by atoms with van der Waals surface area (Å²) in [6.45, 7) is 0.807. The normalized spacial score (nSPS) is 15.3. The Hall–Kier alpha value is -2.78. The van der Waals surface area contributed by atoms with Crippen molar-refractivity contribution in [2.45, 2.75) is 38.8 Å². The van der Waals surface area contributed by atoms with Crippen molar-refractivity contribution in [1.82, 2.24) is 10.2 Å². The highest BCUT2D eigenvalue weighted by Crippen LogP contribution is 2.29. The molecule has 3 N–H and O–H groups in total. The van der Waals surface area contributed by atoms with Gasteiger partial charge in [-0.3, -0.25) is 4.99 Å². The van der Waals surface area contributed by atoms with Crippen molar-refractivity contribution in [3.63, 3.8) is 0 Å². The summed E-state index contributed by atoms with van der Waals surface area (Å²) in [5.41, 5.74) is 6.72. The Balaban J connectivity index is 1.80. The third kappa shape index (κ3) is 7.28. The lowest BCUT2D eigenvalue weighted by Gasteiger charge is -2.31. The van der Waals surface area contributed by atoms with Crippen LogP contribution in [0.1, 0.15) is 25.3 Å². The van der Waals surface area contributed by atoms with Gasteiger partial charge in [0.1, 0.15) is 0 Å². The van der Waals surface area contributed by atoms with E-state index in [-0.39, 0.29) is 23.6 Å². The van der Waals surface area contributed by atoms with Crippen LogP contribution in [0.25, 0.3) is 0 Å². The van der Waals surface area contributed by atoms with Crippen LogP contribution in [-0.2, 0) is 11.2 Å². The molecule has 1 aliphatic heterocycles. The van der Waals surface area contributed by atoms with Gasteiger partial charge >= 0.3 is 12.7 Å². The Bertz CT molecular complexity index is 695. The van der Waals surface area contributed by atoms with Gasteiger partial charge in [0.2, 0.25) is 0 Å². The lowest BCUT2D eigenvalue weighted by Crippen LogP contribution is -2.48. The van der Waals surface area contributed by atoms with Crippen LogP contribution < -0.4 is 20.5 Å². The number of piperidine rings is 1. The maximum atomic E-state index is 12.5. The average molecular weight is 414 g/mol. The summed E-state index contributed by atoms with van der Waals surface area (Å²) in [5, 5.41) is 3.16. The van der Waals surface area contributed by atoms with Crippen molar-refractivity contribution in [2.75, 3.05) is 33.4 Å². The Labute approximate surface area is 169 Å². The monoisotopic (exact) mass is 414 g/mol. The van der Waals surface area contributed by atoms with Gasteiger partial charge < -0.3 is 30.2 Å². The zero-order valence-electron chi connectivity index (χ0n) is 16.7. The summed E-state index contributed by atoms with van der Waals surface area (Å²) in [4.78, 5) is 17.7. The second-order valence-corrected chi connectivity index (χ2v) is 6.49. The van der Waals surface area contributed by atoms with E-state index in [1.165, 1.54) is 13.2 Å². The van der Waals surface area contributed by atoms with Crippen molar-refractivity contribution < 1.29 is 27.8 Å². The number of guanidine groups is 1. The third-order valence-electron chi connectivity index (χ3n) is 4.50. The SMILES string of the molecule is CCOC(=O)N1CCC(NC(N)=NCCc2ccc(OC)c(OC(F)F)c2)CC1. The molecule has 1 heterocycles. The summed E-state index contributed by atoms with van der Waals surface area (Å²) in [5.74, 6) is 0.550. The Kier molecular flexibility index (Phi) is 8.75. The van der Waals surface area contributed by atoms with Gasteiger partial charge in [0.05, 0.1) is 13.7 Å². The first-order chi connectivity index (χ1) is 13.9. The lowest BCUT2D eigenvalue weighted by molar-refractivity contribution is -0.0512. The van der Waals surface area contributed by atoms with E-state index in [9.17, 15) is 13.6 Å². The van der Waals surface area contributed by atoms with Gasteiger partial charge in [0.15, 0.2) is 17.5 Å². The highest BCUT2D eigenvalue weighted by molar-refractivity contribution is 5.78. The molecule has 1 aliphatic rings. The first-order valence-electron chi connectivity index (χ1n) is 9.52. The molecule has 1 aromatic carbocycles. The number of rotatable bonds is 8. The molecule has 0 saturated carbocycles. The van der Waals surface area contributed by atoms with E-state index >= 15 is 0 Å². The Morgan fingerprint density at radius 1 is 1.34 bits per heavy atom. The number of alkyl halides is 2. The largest absolute Gasteiger partial charge is 0.493 e. The Morgan fingerprint density at radius 2 is 2.07 bits per heavy atom. The van der Waals surface area contributed by atoms with E-state index < -0.39 is 6.61 Å². The molecule has 0 unspecified atom stereocenters. The standard InChI is InChI=1S/C19H28F2N4O4/c1-3-28-19(26)25-10-7-14(8-11-25)24-18(22)23-9-6-13-4-5-15(27-2)16(12-13)29-17(20)21/h4-5,12,14,17H,3,6-11H2,1-2H3,(H3,22,23,24). The number of hydrogen-bond acceptors (Lipinski definition) is 5. The number of nitrogens with one attached hydrogen (secondary N) is 1. The second kappa shape index (κ2) is 11.3. The molecular formula is C19H28F2N4O4. The molecule has 1 aromatic rings. The average Bonchev–Trinajstić information content (AvgIpc) is 2.68. The third-order valence-corrected chi connectivity index (χ3v) is 4.50. The van der Waals surface area contributed by atoms with Crippen LogP contribution in [0.2, 0.25) is 0 Å². The van der Waals surface area contributed by atoms with E-state index in [1.54, 1.807) is 24.0 Å². The fourth-order valence-electron chi connectivity index (χ4n) is 3.05. The first kappa shape index (κ1) is 22.5. The van der Waals surface area contributed by atoms with Gasteiger partial charge in [-0.05, 0) is 43.9 Å². The van der Waals surface area contributed by atoms with E-state index in [1.807, 2.05) is 0 Å².